The van der Waals surface area contributed by atoms with E-state index in [0.29, 0.717) is 43.3 Å². The number of benzene rings is 2. The maximum absolute atomic E-state index is 12.6. The molecule has 0 radical (unpaired) electrons. The van der Waals surface area contributed by atoms with Crippen molar-refractivity contribution in [3.63, 3.8) is 0 Å². The van der Waals surface area contributed by atoms with Gasteiger partial charge in [0.1, 0.15) is 11.5 Å². The molecule has 0 N–H and O–H groups in total. The molecule has 1 atom stereocenters. The number of carbonyl (C=O) groups is 2. The number of para-hydroxylation sites is 1. The van der Waals surface area contributed by atoms with Crippen LogP contribution in [0.1, 0.15) is 88.1 Å². The molecule has 0 saturated heterocycles. The lowest BCUT2D eigenvalue weighted by molar-refractivity contribution is -0.156. The van der Waals surface area contributed by atoms with Crippen molar-refractivity contribution < 1.29 is 28.5 Å². The van der Waals surface area contributed by atoms with E-state index in [9.17, 15) is 9.59 Å². The van der Waals surface area contributed by atoms with Gasteiger partial charge in [0.15, 0.2) is 6.10 Å². The monoisotopic (exact) mass is 498 g/mol. The number of hydrogen-bond donors (Lipinski definition) is 0. The summed E-state index contributed by atoms with van der Waals surface area (Å²) in [6.45, 7) is 6.96. The van der Waals surface area contributed by atoms with E-state index in [0.717, 1.165) is 18.4 Å². The second-order valence-electron chi connectivity index (χ2n) is 8.75. The van der Waals surface area contributed by atoms with Crippen LogP contribution in [0.25, 0.3) is 0 Å². The summed E-state index contributed by atoms with van der Waals surface area (Å²) in [7, 11) is 0. The molecule has 198 valence electrons. The molecule has 0 amide bonds. The molecule has 0 aliphatic rings. The average molecular weight is 499 g/mol. The lowest BCUT2D eigenvalue weighted by atomic mass is 10.1. The molecule has 2 aromatic rings. The molecule has 0 heterocycles. The summed E-state index contributed by atoms with van der Waals surface area (Å²) < 4.78 is 22.4. The highest BCUT2D eigenvalue weighted by molar-refractivity contribution is 5.89. The Morgan fingerprint density at radius 1 is 0.750 bits per heavy atom. The first kappa shape index (κ1) is 29.4. The predicted molar refractivity (Wildman–Crippen MR) is 142 cm³/mol. The molecule has 0 aromatic heterocycles. The largest absolute Gasteiger partial charge is 0.464 e. The quantitative estimate of drug-likeness (QED) is 0.159. The van der Waals surface area contributed by atoms with Gasteiger partial charge >= 0.3 is 11.9 Å². The zero-order chi connectivity index (χ0) is 26.0. The average Bonchev–Trinajstić information content (AvgIpc) is 2.88. The van der Waals surface area contributed by atoms with E-state index < -0.39 is 6.10 Å². The molecular formula is C30H42O6. The molecule has 1 unspecified atom stereocenters. The summed E-state index contributed by atoms with van der Waals surface area (Å²) in [6.07, 6.45) is 9.33. The van der Waals surface area contributed by atoms with Gasteiger partial charge in [-0.1, -0.05) is 70.1 Å². The highest BCUT2D eigenvalue weighted by atomic mass is 16.6. The van der Waals surface area contributed by atoms with Crippen LogP contribution in [0.2, 0.25) is 0 Å². The molecule has 0 bridgehead atoms. The molecule has 0 aliphatic carbocycles. The molecule has 2 rings (SSSR count). The fourth-order valence-electron chi connectivity index (χ4n) is 3.88. The maximum Gasteiger partial charge on any atom is 0.338 e. The Balaban J connectivity index is 1.95. The number of rotatable bonds is 18. The van der Waals surface area contributed by atoms with E-state index in [4.69, 9.17) is 18.9 Å². The Hall–Kier alpha value is -2.86. The molecule has 0 saturated carbocycles. The highest BCUT2D eigenvalue weighted by Crippen LogP contribution is 2.27. The van der Waals surface area contributed by atoms with Crippen LogP contribution in [0.15, 0.2) is 48.5 Å². The zero-order valence-electron chi connectivity index (χ0n) is 22.1. The Kier molecular flexibility index (Phi) is 14.3. The Morgan fingerprint density at radius 2 is 1.39 bits per heavy atom. The highest BCUT2D eigenvalue weighted by Gasteiger charge is 2.23. The van der Waals surface area contributed by atoms with Gasteiger partial charge in [-0.05, 0) is 56.2 Å². The van der Waals surface area contributed by atoms with Gasteiger partial charge in [-0.15, -0.1) is 0 Å². The van der Waals surface area contributed by atoms with E-state index >= 15 is 0 Å². The summed E-state index contributed by atoms with van der Waals surface area (Å²) in [6, 6.07) is 14.4. The SMILES string of the molecule is CCCCCCCCCCOC(Cc1ccccc1Oc1ccc(C(=O)OCC)cc1)C(=O)OCC. The minimum atomic E-state index is -0.689. The van der Waals surface area contributed by atoms with Crippen molar-refractivity contribution in [2.24, 2.45) is 0 Å². The minimum absolute atomic E-state index is 0.307. The zero-order valence-corrected chi connectivity index (χ0v) is 22.1. The standard InChI is InChI=1S/C30H42O6/c1-4-7-8-9-10-11-12-15-22-35-28(30(32)34-6-3)23-25-16-13-14-17-27(25)36-26-20-18-24(19-21-26)29(31)33-5-2/h13-14,16-21,28H,4-12,15,22-23H2,1-3H3. The van der Waals surface area contributed by atoms with Crippen molar-refractivity contribution in [3.8, 4) is 11.5 Å². The topological polar surface area (TPSA) is 71.1 Å². The molecule has 6 heteroatoms. The van der Waals surface area contributed by atoms with Crippen LogP contribution >= 0.6 is 0 Å². The molecule has 6 nitrogen and oxygen atoms in total. The number of unbranched alkanes of at least 4 members (excludes halogenated alkanes) is 7. The summed E-state index contributed by atoms with van der Waals surface area (Å²) >= 11 is 0. The van der Waals surface area contributed by atoms with E-state index in [1.165, 1.54) is 38.5 Å². The lowest BCUT2D eigenvalue weighted by Crippen LogP contribution is -2.29. The molecule has 2 aromatic carbocycles. The van der Waals surface area contributed by atoms with Gasteiger partial charge in [-0.3, -0.25) is 0 Å². The number of hydrogen-bond acceptors (Lipinski definition) is 6. The molecule has 0 spiro atoms. The summed E-state index contributed by atoms with van der Waals surface area (Å²) in [4.78, 5) is 24.5. The van der Waals surface area contributed by atoms with Crippen molar-refractivity contribution in [3.05, 3.63) is 59.7 Å². The summed E-state index contributed by atoms with van der Waals surface area (Å²) in [5.41, 5.74) is 1.31. The van der Waals surface area contributed by atoms with Crippen LogP contribution in [-0.2, 0) is 25.4 Å². The van der Waals surface area contributed by atoms with Crippen molar-refractivity contribution in [2.45, 2.75) is 84.7 Å². The van der Waals surface area contributed by atoms with Crippen LogP contribution < -0.4 is 4.74 Å². The van der Waals surface area contributed by atoms with Crippen LogP contribution in [0.3, 0.4) is 0 Å². The van der Waals surface area contributed by atoms with Crippen molar-refractivity contribution >= 4 is 11.9 Å². The second kappa shape index (κ2) is 17.6. The third-order valence-corrected chi connectivity index (χ3v) is 5.84. The number of carbonyl (C=O) groups excluding carboxylic acids is 2. The van der Waals surface area contributed by atoms with Gasteiger partial charge in [0.2, 0.25) is 0 Å². The van der Waals surface area contributed by atoms with Crippen molar-refractivity contribution in [1.82, 2.24) is 0 Å². The third kappa shape index (κ3) is 10.8. The molecule has 0 fully saturated rings. The van der Waals surface area contributed by atoms with Crippen LogP contribution in [-0.4, -0.2) is 37.9 Å². The molecule has 0 aliphatic heterocycles. The smallest absolute Gasteiger partial charge is 0.338 e. The van der Waals surface area contributed by atoms with Gasteiger partial charge < -0.3 is 18.9 Å². The number of ether oxygens (including phenoxy) is 4. The van der Waals surface area contributed by atoms with Crippen molar-refractivity contribution in [1.29, 1.82) is 0 Å². The van der Waals surface area contributed by atoms with Crippen LogP contribution in [0, 0.1) is 0 Å². The maximum atomic E-state index is 12.6. The summed E-state index contributed by atoms with van der Waals surface area (Å²) in [5, 5.41) is 0. The van der Waals surface area contributed by atoms with Gasteiger partial charge in [-0.2, -0.15) is 0 Å². The third-order valence-electron chi connectivity index (χ3n) is 5.84. The van der Waals surface area contributed by atoms with Crippen LogP contribution in [0.5, 0.6) is 11.5 Å². The van der Waals surface area contributed by atoms with E-state index in [2.05, 4.69) is 6.92 Å². The molecule has 36 heavy (non-hydrogen) atoms. The van der Waals surface area contributed by atoms with Gasteiger partial charge in [0.25, 0.3) is 0 Å². The van der Waals surface area contributed by atoms with Crippen molar-refractivity contribution in [2.75, 3.05) is 19.8 Å². The van der Waals surface area contributed by atoms with E-state index in [1.54, 1.807) is 38.1 Å². The minimum Gasteiger partial charge on any atom is -0.464 e. The Labute approximate surface area is 216 Å². The van der Waals surface area contributed by atoms with Gasteiger partial charge in [0, 0.05) is 13.0 Å². The van der Waals surface area contributed by atoms with E-state index in [-0.39, 0.29) is 11.9 Å². The fourth-order valence-corrected chi connectivity index (χ4v) is 3.88. The predicted octanol–water partition coefficient (Wildman–Crippen LogP) is 7.29. The Bertz CT molecular complexity index is 893. The second-order valence-corrected chi connectivity index (χ2v) is 8.75. The fraction of sp³-hybridized carbons (Fsp3) is 0.533. The number of esters is 2. The normalized spacial score (nSPS) is 11.6. The first-order valence-electron chi connectivity index (χ1n) is 13.4. The molecular weight excluding hydrogens is 456 g/mol. The first-order valence-corrected chi connectivity index (χ1v) is 13.4. The lowest BCUT2D eigenvalue weighted by Gasteiger charge is -2.18. The first-order chi connectivity index (χ1) is 17.6. The Morgan fingerprint density at radius 3 is 2.06 bits per heavy atom. The summed E-state index contributed by atoms with van der Waals surface area (Å²) in [5.74, 6) is 0.496. The van der Waals surface area contributed by atoms with E-state index in [1.807, 2.05) is 24.3 Å². The van der Waals surface area contributed by atoms with Crippen LogP contribution in [0.4, 0.5) is 0 Å². The van der Waals surface area contributed by atoms with Gasteiger partial charge in [0.05, 0.1) is 18.8 Å². The van der Waals surface area contributed by atoms with Gasteiger partial charge in [-0.25, -0.2) is 9.59 Å².